The number of nitrogens with zero attached hydrogens (tertiary/aromatic N) is 1. The molecule has 1 heterocycles. The van der Waals surface area contributed by atoms with Gasteiger partial charge in [-0.1, -0.05) is 0 Å². The van der Waals surface area contributed by atoms with Crippen LogP contribution in [0.4, 0.5) is 0 Å². The van der Waals surface area contributed by atoms with Gasteiger partial charge in [0.15, 0.2) is 0 Å². The van der Waals surface area contributed by atoms with Gasteiger partial charge in [0, 0.05) is 17.9 Å². The third-order valence-electron chi connectivity index (χ3n) is 1.39. The van der Waals surface area contributed by atoms with Gasteiger partial charge < -0.3 is 0 Å². The Hall–Kier alpha value is -0.830. The molecule has 3 nitrogen and oxygen atoms in total. The second kappa shape index (κ2) is 3.53. The van der Waals surface area contributed by atoms with Gasteiger partial charge in [-0.15, -0.1) is 11.6 Å². The summed E-state index contributed by atoms with van der Waals surface area (Å²) in [6.07, 6.45) is 0.694. The normalized spacial score (nSPS) is 10.0. The highest BCUT2D eigenvalue weighted by Crippen LogP contribution is 1.95. The molecule has 1 aromatic rings. The zero-order valence-electron chi connectivity index (χ0n) is 6.22. The lowest BCUT2D eigenvalue weighted by Crippen LogP contribution is -2.12. The van der Waals surface area contributed by atoms with Crippen molar-refractivity contribution in [3.8, 4) is 0 Å². The van der Waals surface area contributed by atoms with Crippen LogP contribution in [0.3, 0.4) is 0 Å². The van der Waals surface area contributed by atoms with Gasteiger partial charge in [-0.05, 0) is 13.0 Å². The number of halogens is 1. The highest BCUT2D eigenvalue weighted by molar-refractivity contribution is 6.17. The Bertz CT molecular complexity index is 295. The van der Waals surface area contributed by atoms with Crippen molar-refractivity contribution in [2.75, 3.05) is 5.88 Å². The largest absolute Gasteiger partial charge is 0.268 e. The first-order valence-electron chi connectivity index (χ1n) is 3.35. The average Bonchev–Trinajstić information content (AvgIpc) is 1.98. The highest BCUT2D eigenvalue weighted by Gasteiger charge is 1.96. The lowest BCUT2D eigenvalue weighted by Gasteiger charge is -1.95. The third kappa shape index (κ3) is 2.05. The first-order chi connectivity index (χ1) is 5.24. The summed E-state index contributed by atoms with van der Waals surface area (Å²) in [4.78, 5) is 10.8. The van der Waals surface area contributed by atoms with Crippen LogP contribution in [0.15, 0.2) is 10.9 Å². The fourth-order valence-electron chi connectivity index (χ4n) is 0.783. The van der Waals surface area contributed by atoms with Crippen LogP contribution in [0.2, 0.25) is 0 Å². The monoisotopic (exact) mass is 172 g/mol. The summed E-state index contributed by atoms with van der Waals surface area (Å²) in [7, 11) is 0. The molecule has 0 bridgehead atoms. The summed E-state index contributed by atoms with van der Waals surface area (Å²) in [5, 5.41) is 6.20. The number of hydrogen-bond acceptors (Lipinski definition) is 2. The molecule has 0 aliphatic rings. The van der Waals surface area contributed by atoms with E-state index in [1.807, 2.05) is 0 Å². The van der Waals surface area contributed by atoms with Crippen LogP contribution in [-0.4, -0.2) is 16.1 Å². The maximum atomic E-state index is 10.8. The first-order valence-corrected chi connectivity index (χ1v) is 3.88. The summed E-state index contributed by atoms with van der Waals surface area (Å²) in [5.41, 5.74) is 1.38. The van der Waals surface area contributed by atoms with E-state index in [2.05, 4.69) is 10.2 Å². The number of aryl methyl sites for hydroxylation is 2. The molecule has 0 fully saturated rings. The van der Waals surface area contributed by atoms with Crippen molar-refractivity contribution in [3.63, 3.8) is 0 Å². The Kier molecular flexibility index (Phi) is 2.65. The summed E-state index contributed by atoms with van der Waals surface area (Å²) in [6, 6.07) is 1.75. The molecule has 1 N–H and O–H groups in total. The van der Waals surface area contributed by atoms with Crippen LogP contribution in [0.25, 0.3) is 0 Å². The molecule has 0 amide bonds. The van der Waals surface area contributed by atoms with Crippen molar-refractivity contribution in [3.05, 3.63) is 27.7 Å². The molecule has 0 spiro atoms. The molecule has 60 valence electrons. The molecule has 1 aromatic heterocycles. The van der Waals surface area contributed by atoms with Crippen LogP contribution in [0, 0.1) is 6.92 Å². The standard InChI is InChI=1S/C7H9ClN2O/c1-5-4-6(2-3-8)9-10-7(5)11/h4H,2-3H2,1H3,(H,10,11). The lowest BCUT2D eigenvalue weighted by molar-refractivity contribution is 0.885. The Morgan fingerprint density at radius 3 is 3.00 bits per heavy atom. The van der Waals surface area contributed by atoms with Crippen LogP contribution >= 0.6 is 11.6 Å². The number of alkyl halides is 1. The van der Waals surface area contributed by atoms with Crippen LogP contribution in [0.5, 0.6) is 0 Å². The van der Waals surface area contributed by atoms with Gasteiger partial charge in [-0.2, -0.15) is 5.10 Å². The van der Waals surface area contributed by atoms with Gasteiger partial charge in [0.1, 0.15) is 0 Å². The van der Waals surface area contributed by atoms with Gasteiger partial charge in [-0.25, -0.2) is 5.10 Å². The maximum Gasteiger partial charge on any atom is 0.267 e. The smallest absolute Gasteiger partial charge is 0.267 e. The van der Waals surface area contributed by atoms with Gasteiger partial charge >= 0.3 is 0 Å². The van der Waals surface area contributed by atoms with Crippen LogP contribution in [0.1, 0.15) is 11.3 Å². The molecule has 0 radical (unpaired) electrons. The molecule has 1 rings (SSSR count). The Balaban J connectivity index is 2.96. The van der Waals surface area contributed by atoms with E-state index in [1.54, 1.807) is 13.0 Å². The van der Waals surface area contributed by atoms with Crippen molar-refractivity contribution >= 4 is 11.6 Å². The minimum atomic E-state index is -0.136. The van der Waals surface area contributed by atoms with Gasteiger partial charge in [-0.3, -0.25) is 4.79 Å². The molecular formula is C7H9ClN2O. The van der Waals surface area contributed by atoms with E-state index in [1.165, 1.54) is 0 Å². The van der Waals surface area contributed by atoms with Gasteiger partial charge in [0.2, 0.25) is 0 Å². The fraction of sp³-hybridized carbons (Fsp3) is 0.429. The fourth-order valence-corrected chi connectivity index (χ4v) is 0.977. The number of rotatable bonds is 2. The van der Waals surface area contributed by atoms with Crippen molar-refractivity contribution in [2.45, 2.75) is 13.3 Å². The Morgan fingerprint density at radius 1 is 1.73 bits per heavy atom. The highest BCUT2D eigenvalue weighted by atomic mass is 35.5. The topological polar surface area (TPSA) is 45.8 Å². The predicted octanol–water partition coefficient (Wildman–Crippen LogP) is 0.860. The van der Waals surface area contributed by atoms with E-state index in [9.17, 15) is 4.79 Å². The zero-order chi connectivity index (χ0) is 8.27. The van der Waals surface area contributed by atoms with E-state index in [0.717, 1.165) is 5.69 Å². The molecule has 0 saturated heterocycles. The van der Waals surface area contributed by atoms with Gasteiger partial charge in [0.25, 0.3) is 5.56 Å². The van der Waals surface area contributed by atoms with E-state index in [4.69, 9.17) is 11.6 Å². The predicted molar refractivity (Wildman–Crippen MR) is 44.0 cm³/mol. The van der Waals surface area contributed by atoms with Crippen molar-refractivity contribution in [1.82, 2.24) is 10.2 Å². The molecule has 11 heavy (non-hydrogen) atoms. The number of nitrogens with one attached hydrogen (secondary N) is 1. The maximum absolute atomic E-state index is 10.8. The second-order valence-corrected chi connectivity index (χ2v) is 2.69. The number of hydrogen-bond donors (Lipinski definition) is 1. The van der Waals surface area contributed by atoms with Crippen LogP contribution in [-0.2, 0) is 6.42 Å². The third-order valence-corrected chi connectivity index (χ3v) is 1.58. The molecular weight excluding hydrogens is 164 g/mol. The number of H-pyrrole nitrogens is 1. The van der Waals surface area contributed by atoms with E-state index < -0.39 is 0 Å². The summed E-state index contributed by atoms with van der Waals surface area (Å²) in [6.45, 7) is 1.75. The SMILES string of the molecule is Cc1cc(CCCl)n[nH]c1=O. The van der Waals surface area contributed by atoms with Crippen molar-refractivity contribution < 1.29 is 0 Å². The lowest BCUT2D eigenvalue weighted by atomic mass is 10.2. The molecule has 0 aromatic carbocycles. The van der Waals surface area contributed by atoms with E-state index in [0.29, 0.717) is 17.9 Å². The molecule has 4 heteroatoms. The summed E-state index contributed by atoms with van der Waals surface area (Å²) < 4.78 is 0. The minimum absolute atomic E-state index is 0.136. The summed E-state index contributed by atoms with van der Waals surface area (Å²) in [5.74, 6) is 0.526. The second-order valence-electron chi connectivity index (χ2n) is 2.31. The minimum Gasteiger partial charge on any atom is -0.268 e. The van der Waals surface area contributed by atoms with E-state index >= 15 is 0 Å². The van der Waals surface area contributed by atoms with Crippen LogP contribution < -0.4 is 5.56 Å². The molecule has 0 aliphatic heterocycles. The first kappa shape index (κ1) is 8.27. The number of aromatic nitrogens is 2. The summed E-state index contributed by atoms with van der Waals surface area (Å²) >= 11 is 5.50. The zero-order valence-corrected chi connectivity index (χ0v) is 6.98. The quantitative estimate of drug-likeness (QED) is 0.673. The Morgan fingerprint density at radius 2 is 2.45 bits per heavy atom. The molecule has 0 aliphatic carbocycles. The van der Waals surface area contributed by atoms with Crippen molar-refractivity contribution in [1.29, 1.82) is 0 Å². The van der Waals surface area contributed by atoms with Gasteiger partial charge in [0.05, 0.1) is 5.69 Å². The molecule has 0 unspecified atom stereocenters. The van der Waals surface area contributed by atoms with E-state index in [-0.39, 0.29) is 5.56 Å². The molecule has 0 saturated carbocycles. The average molecular weight is 173 g/mol. The Labute approximate surface area is 69.4 Å². The van der Waals surface area contributed by atoms with Crippen molar-refractivity contribution in [2.24, 2.45) is 0 Å². The number of aromatic amines is 1. The molecule has 0 atom stereocenters.